The molecule has 0 aliphatic heterocycles. The summed E-state index contributed by atoms with van der Waals surface area (Å²) in [6, 6.07) is 0. The van der Waals surface area contributed by atoms with E-state index in [0.29, 0.717) is 12.8 Å². The van der Waals surface area contributed by atoms with E-state index in [1.54, 1.807) is 0 Å². The van der Waals surface area contributed by atoms with Gasteiger partial charge in [-0.25, -0.2) is 8.42 Å². The fraction of sp³-hybridized carbons (Fsp3) is 0.538. The topological polar surface area (TPSA) is 114 Å². The van der Waals surface area contributed by atoms with Gasteiger partial charge in [-0.1, -0.05) is 25.0 Å². The van der Waals surface area contributed by atoms with Crippen LogP contribution in [0.25, 0.3) is 5.53 Å². The highest BCUT2D eigenvalue weighted by Gasteiger charge is 2.46. The molecule has 0 bridgehead atoms. The molecule has 9 heteroatoms. The Morgan fingerprint density at radius 2 is 2.00 bits per heavy atom. The van der Waals surface area contributed by atoms with E-state index in [1.807, 2.05) is 0 Å². The van der Waals surface area contributed by atoms with Crippen LogP contribution in [0.4, 0.5) is 0 Å². The van der Waals surface area contributed by atoms with Crippen molar-refractivity contribution in [2.45, 2.75) is 30.9 Å². The van der Waals surface area contributed by atoms with Crippen molar-refractivity contribution >= 4 is 30.0 Å². The highest BCUT2D eigenvalue weighted by Crippen LogP contribution is 2.30. The zero-order chi connectivity index (χ0) is 16.3. The molecular formula is C13H16N2O5S2. The van der Waals surface area contributed by atoms with Gasteiger partial charge in [-0.3, -0.25) is 0 Å². The van der Waals surface area contributed by atoms with Crippen LogP contribution in [-0.2, 0) is 24.9 Å². The fourth-order valence-electron chi connectivity index (χ4n) is 2.82. The molecule has 120 valence electrons. The molecule has 0 amide bonds. The standard InChI is InChI=1S/C13H16N2O5S2/c1-20-10-7-4-8-11(12(10)21(16)17)22(18,19)13(15-14)9-5-2-3-6-9/h4,7-9,11H,2-3,5-6H2,1H3. The summed E-state index contributed by atoms with van der Waals surface area (Å²) in [4.78, 5) is 2.61. The molecule has 2 aliphatic carbocycles. The third kappa shape index (κ3) is 2.92. The minimum atomic E-state index is -4.13. The molecule has 2 aliphatic rings. The van der Waals surface area contributed by atoms with Crippen LogP contribution < -0.4 is 0 Å². The average Bonchev–Trinajstić information content (AvgIpc) is 3.00. The van der Waals surface area contributed by atoms with Gasteiger partial charge in [-0.15, -0.1) is 0 Å². The van der Waals surface area contributed by atoms with E-state index in [-0.39, 0.29) is 21.6 Å². The molecule has 0 aromatic rings. The monoisotopic (exact) mass is 344 g/mol. The molecule has 22 heavy (non-hydrogen) atoms. The maximum Gasteiger partial charge on any atom is 0.385 e. The van der Waals surface area contributed by atoms with Gasteiger partial charge in [0, 0.05) is 0 Å². The molecule has 1 atom stereocenters. The predicted molar refractivity (Wildman–Crippen MR) is 81.5 cm³/mol. The lowest BCUT2D eigenvalue weighted by Gasteiger charge is -2.18. The first-order valence-electron chi connectivity index (χ1n) is 6.78. The molecule has 2 rings (SSSR count). The zero-order valence-corrected chi connectivity index (χ0v) is 13.6. The predicted octanol–water partition coefficient (Wildman–Crippen LogP) is 0.740. The maximum atomic E-state index is 12.8. The van der Waals surface area contributed by atoms with E-state index in [2.05, 4.69) is 4.79 Å². The minimum Gasteiger partial charge on any atom is -0.495 e. The number of methoxy groups -OCH3 is 1. The number of rotatable bonds is 3. The van der Waals surface area contributed by atoms with Crippen LogP contribution in [0, 0.1) is 5.92 Å². The number of hydrogen-bond acceptors (Lipinski definition) is 5. The number of ether oxygens (including phenoxy) is 1. The second-order valence-corrected chi connectivity index (χ2v) is 8.03. The van der Waals surface area contributed by atoms with Crippen molar-refractivity contribution < 1.29 is 26.4 Å². The summed E-state index contributed by atoms with van der Waals surface area (Å²) in [5.41, 5.74) is 9.18. The normalized spacial score (nSPS) is 22.1. The molecule has 0 radical (unpaired) electrons. The van der Waals surface area contributed by atoms with E-state index in [1.165, 1.54) is 25.3 Å². The smallest absolute Gasteiger partial charge is 0.385 e. The summed E-state index contributed by atoms with van der Waals surface area (Å²) in [7, 11) is -5.64. The SMILES string of the molecule is COC1=CC=CC(S(=O)(=O)C(=[N+]=[N-])C2CCCC2)C1=S(=O)=O. The van der Waals surface area contributed by atoms with Crippen molar-refractivity contribution in [1.29, 1.82) is 0 Å². The van der Waals surface area contributed by atoms with Crippen molar-refractivity contribution in [3.63, 3.8) is 0 Å². The highest BCUT2D eigenvalue weighted by atomic mass is 32.2. The first-order valence-corrected chi connectivity index (χ1v) is 9.40. The first kappa shape index (κ1) is 16.7. The van der Waals surface area contributed by atoms with Gasteiger partial charge in [0.2, 0.25) is 10.3 Å². The molecule has 0 aromatic carbocycles. The molecule has 0 spiro atoms. The van der Waals surface area contributed by atoms with Crippen molar-refractivity contribution in [2.24, 2.45) is 5.92 Å². The van der Waals surface area contributed by atoms with E-state index >= 15 is 0 Å². The Hall–Kier alpha value is -1.70. The van der Waals surface area contributed by atoms with Gasteiger partial charge in [0.15, 0.2) is 0 Å². The van der Waals surface area contributed by atoms with Crippen LogP contribution in [-0.4, -0.2) is 43.9 Å². The summed E-state index contributed by atoms with van der Waals surface area (Å²) >= 11 is 0. The maximum absolute atomic E-state index is 12.8. The lowest BCUT2D eigenvalue weighted by Crippen LogP contribution is -2.39. The molecule has 0 saturated heterocycles. The number of nitrogens with zero attached hydrogens (tertiary/aromatic N) is 2. The number of hydrogen-bond donors (Lipinski definition) is 0. The average molecular weight is 344 g/mol. The van der Waals surface area contributed by atoms with Crippen molar-refractivity contribution in [1.82, 2.24) is 0 Å². The Morgan fingerprint density at radius 1 is 1.36 bits per heavy atom. The van der Waals surface area contributed by atoms with E-state index in [4.69, 9.17) is 4.74 Å². The van der Waals surface area contributed by atoms with Gasteiger partial charge in [0.25, 0.3) is 9.84 Å². The van der Waals surface area contributed by atoms with Gasteiger partial charge in [0.05, 0.1) is 13.0 Å². The molecule has 7 nitrogen and oxygen atoms in total. The quantitative estimate of drug-likeness (QED) is 0.246. The first-order chi connectivity index (χ1) is 10.4. The van der Waals surface area contributed by atoms with Crippen LogP contribution in [0.15, 0.2) is 24.0 Å². The van der Waals surface area contributed by atoms with Gasteiger partial charge < -0.3 is 10.3 Å². The summed E-state index contributed by atoms with van der Waals surface area (Å²) in [5.74, 6) is -0.408. The molecule has 0 N–H and O–H groups in total. The zero-order valence-electron chi connectivity index (χ0n) is 12.0. The Balaban J connectivity index is 2.53. The van der Waals surface area contributed by atoms with Gasteiger partial charge >= 0.3 is 5.04 Å². The molecule has 1 saturated carbocycles. The Labute approximate surface area is 130 Å². The number of allylic oxidation sites excluding steroid dienone is 3. The van der Waals surface area contributed by atoms with Crippen LogP contribution >= 0.6 is 0 Å². The van der Waals surface area contributed by atoms with Gasteiger partial charge in [-0.05, 0) is 18.9 Å². The molecular weight excluding hydrogens is 328 g/mol. The van der Waals surface area contributed by atoms with E-state index in [9.17, 15) is 22.4 Å². The third-order valence-electron chi connectivity index (χ3n) is 3.86. The van der Waals surface area contributed by atoms with Crippen molar-refractivity contribution in [2.75, 3.05) is 7.11 Å². The van der Waals surface area contributed by atoms with Gasteiger partial charge in [0.1, 0.15) is 15.9 Å². The Morgan fingerprint density at radius 3 is 2.50 bits per heavy atom. The minimum absolute atomic E-state index is 0.0341. The van der Waals surface area contributed by atoms with Crippen LogP contribution in [0.3, 0.4) is 0 Å². The summed E-state index contributed by atoms with van der Waals surface area (Å²) in [6.07, 6.45) is 6.97. The Kier molecular flexibility index (Phi) is 5.00. The van der Waals surface area contributed by atoms with Crippen LogP contribution in [0.1, 0.15) is 25.7 Å². The van der Waals surface area contributed by atoms with E-state index in [0.717, 1.165) is 12.8 Å². The second-order valence-electron chi connectivity index (χ2n) is 5.10. The van der Waals surface area contributed by atoms with Crippen LogP contribution in [0.2, 0.25) is 0 Å². The molecule has 1 unspecified atom stereocenters. The van der Waals surface area contributed by atoms with Crippen molar-refractivity contribution in [3.05, 3.63) is 29.5 Å². The highest BCUT2D eigenvalue weighted by molar-refractivity contribution is 8.08. The number of sulfone groups is 1. The molecule has 1 fully saturated rings. The second kappa shape index (κ2) is 6.60. The van der Waals surface area contributed by atoms with Crippen LogP contribution in [0.5, 0.6) is 0 Å². The summed E-state index contributed by atoms with van der Waals surface area (Å²) < 4.78 is 53.4. The lowest BCUT2D eigenvalue weighted by atomic mass is 10.1. The summed E-state index contributed by atoms with van der Waals surface area (Å²) in [5, 5.41) is -1.78. The van der Waals surface area contributed by atoms with Gasteiger partial charge in [-0.2, -0.15) is 13.2 Å². The molecule has 0 heterocycles. The van der Waals surface area contributed by atoms with Crippen molar-refractivity contribution in [3.8, 4) is 0 Å². The summed E-state index contributed by atoms with van der Waals surface area (Å²) in [6.45, 7) is 0. The Bertz CT molecular complexity index is 800. The van der Waals surface area contributed by atoms with E-state index < -0.39 is 25.4 Å². The lowest BCUT2D eigenvalue weighted by molar-refractivity contribution is -0.00737. The fourth-order valence-corrected chi connectivity index (χ4v) is 5.79. The third-order valence-corrected chi connectivity index (χ3v) is 6.89. The largest absolute Gasteiger partial charge is 0.495 e. The molecule has 0 aromatic heterocycles.